The van der Waals surface area contributed by atoms with Gasteiger partial charge in [0.2, 0.25) is 0 Å². The fourth-order valence-corrected chi connectivity index (χ4v) is 4.12. The fourth-order valence-electron chi connectivity index (χ4n) is 4.12. The third kappa shape index (κ3) is 3.27. The second-order valence-electron chi connectivity index (χ2n) is 7.42. The third-order valence-corrected chi connectivity index (χ3v) is 5.67. The van der Waals surface area contributed by atoms with Gasteiger partial charge in [-0.15, -0.1) is 0 Å². The third-order valence-electron chi connectivity index (χ3n) is 5.67. The predicted molar refractivity (Wildman–Crippen MR) is 90.1 cm³/mol. The van der Waals surface area contributed by atoms with Gasteiger partial charge in [0.05, 0.1) is 0 Å². The van der Waals surface area contributed by atoms with Gasteiger partial charge in [-0.1, -0.05) is 30.2 Å². The molecule has 0 unspecified atom stereocenters. The molecule has 5 heteroatoms. The zero-order chi connectivity index (χ0) is 18.1. The summed E-state index contributed by atoms with van der Waals surface area (Å²) in [6, 6.07) is 0. The zero-order valence-corrected chi connectivity index (χ0v) is 15.2. The van der Waals surface area contributed by atoms with Crippen LogP contribution in [0.2, 0.25) is 0 Å². The van der Waals surface area contributed by atoms with Crippen molar-refractivity contribution in [2.45, 2.75) is 65.6 Å². The quantitative estimate of drug-likeness (QED) is 0.634. The number of allylic oxidation sites excluding steroid dienone is 2. The van der Waals surface area contributed by atoms with Gasteiger partial charge in [-0.3, -0.25) is 9.59 Å². The molecule has 0 saturated carbocycles. The Labute approximate surface area is 143 Å². The minimum Gasteiger partial charge on any atom is -0.465 e. The molecule has 4 atom stereocenters. The molecule has 0 amide bonds. The first kappa shape index (κ1) is 18.7. The van der Waals surface area contributed by atoms with Gasteiger partial charge in [0, 0.05) is 25.7 Å². The van der Waals surface area contributed by atoms with Crippen LogP contribution in [0, 0.1) is 11.3 Å². The number of esters is 2. The molecular formula is C19H28O5. The number of hydrogen-bond acceptors (Lipinski definition) is 5. The van der Waals surface area contributed by atoms with E-state index in [9.17, 15) is 14.7 Å². The number of carbonyl (C=O) groups excluding carboxylic acids is 2. The maximum absolute atomic E-state index is 11.6. The summed E-state index contributed by atoms with van der Waals surface area (Å²) in [6.45, 7) is 8.78. The minimum absolute atomic E-state index is 0.0175. The van der Waals surface area contributed by atoms with Gasteiger partial charge >= 0.3 is 11.9 Å². The molecule has 5 nitrogen and oxygen atoms in total. The Morgan fingerprint density at radius 3 is 2.50 bits per heavy atom. The summed E-state index contributed by atoms with van der Waals surface area (Å²) in [4.78, 5) is 23.0. The number of hydrogen-bond donors (Lipinski definition) is 1. The average molecular weight is 336 g/mol. The summed E-state index contributed by atoms with van der Waals surface area (Å²) in [6.07, 6.45) is 5.10. The second-order valence-corrected chi connectivity index (χ2v) is 7.42. The van der Waals surface area contributed by atoms with Crippen LogP contribution < -0.4 is 0 Å². The summed E-state index contributed by atoms with van der Waals surface area (Å²) >= 11 is 0. The zero-order valence-electron chi connectivity index (χ0n) is 15.2. The molecule has 0 heterocycles. The summed E-state index contributed by atoms with van der Waals surface area (Å²) in [5.74, 6) is -0.777. The summed E-state index contributed by atoms with van der Waals surface area (Å²) < 4.78 is 10.8. The lowest BCUT2D eigenvalue weighted by Gasteiger charge is -2.55. The fraction of sp³-hybridized carbons (Fsp3) is 0.684. The van der Waals surface area contributed by atoms with Crippen LogP contribution in [0.15, 0.2) is 23.3 Å². The largest absolute Gasteiger partial charge is 0.465 e. The van der Waals surface area contributed by atoms with Crippen LogP contribution >= 0.6 is 0 Å². The van der Waals surface area contributed by atoms with Gasteiger partial charge in [0.1, 0.15) is 18.3 Å². The Bertz CT molecular complexity index is 591. The summed E-state index contributed by atoms with van der Waals surface area (Å²) in [5, 5.41) is 11.6. The molecule has 0 aromatic rings. The van der Waals surface area contributed by atoms with Crippen molar-refractivity contribution in [2.24, 2.45) is 11.3 Å². The van der Waals surface area contributed by atoms with Crippen LogP contribution in [0.3, 0.4) is 0 Å². The minimum atomic E-state index is -1.28. The molecule has 2 aliphatic carbocycles. The molecule has 0 aliphatic heterocycles. The van der Waals surface area contributed by atoms with E-state index in [1.165, 1.54) is 19.4 Å². The number of rotatable bonds is 3. The van der Waals surface area contributed by atoms with Crippen LogP contribution in [0.1, 0.15) is 53.9 Å². The Balaban J connectivity index is 2.54. The summed E-state index contributed by atoms with van der Waals surface area (Å²) in [7, 11) is 0. The van der Waals surface area contributed by atoms with Crippen molar-refractivity contribution >= 4 is 11.9 Å². The van der Waals surface area contributed by atoms with Crippen molar-refractivity contribution in [1.29, 1.82) is 0 Å². The Morgan fingerprint density at radius 1 is 1.25 bits per heavy atom. The summed E-state index contributed by atoms with van der Waals surface area (Å²) in [5.41, 5.74) is 0.249. The first-order valence-corrected chi connectivity index (χ1v) is 8.45. The van der Waals surface area contributed by atoms with Crippen molar-refractivity contribution in [3.63, 3.8) is 0 Å². The van der Waals surface area contributed by atoms with Crippen molar-refractivity contribution in [3.8, 4) is 0 Å². The highest BCUT2D eigenvalue weighted by Crippen LogP contribution is 2.53. The van der Waals surface area contributed by atoms with Gasteiger partial charge in [0.25, 0.3) is 0 Å². The molecule has 0 aromatic heterocycles. The normalized spacial score (nSPS) is 38.1. The molecule has 0 spiro atoms. The SMILES string of the molecule is CC(=O)OC[C@@]1(C)[C@H]2C/C=C(/C)C[C@H](OC(C)=O)[C@]1(O)CC=C2C. The van der Waals surface area contributed by atoms with E-state index in [2.05, 4.69) is 6.08 Å². The molecule has 1 N–H and O–H groups in total. The number of fused-ring (bicyclic) bond motifs is 2. The first-order chi connectivity index (χ1) is 11.1. The van der Waals surface area contributed by atoms with E-state index in [1.54, 1.807) is 0 Å². The molecule has 0 fully saturated rings. The average Bonchev–Trinajstić information content (AvgIpc) is 2.47. The predicted octanol–water partition coefficient (Wildman–Crippen LogP) is 2.92. The smallest absolute Gasteiger partial charge is 0.303 e. The highest BCUT2D eigenvalue weighted by Gasteiger charge is 2.59. The van der Waals surface area contributed by atoms with Gasteiger partial charge in [-0.05, 0) is 32.6 Å². The van der Waals surface area contributed by atoms with Crippen molar-refractivity contribution in [2.75, 3.05) is 6.61 Å². The van der Waals surface area contributed by atoms with Gasteiger partial charge < -0.3 is 14.6 Å². The maximum Gasteiger partial charge on any atom is 0.303 e. The van der Waals surface area contributed by atoms with E-state index in [0.717, 1.165) is 12.0 Å². The van der Waals surface area contributed by atoms with E-state index in [1.807, 2.05) is 26.8 Å². The monoisotopic (exact) mass is 336 g/mol. The van der Waals surface area contributed by atoms with Gasteiger partial charge in [0.15, 0.2) is 0 Å². The van der Waals surface area contributed by atoms with Crippen LogP contribution in [-0.4, -0.2) is 35.4 Å². The standard InChI is InChI=1S/C19H28O5/c1-12-6-7-16-13(2)8-9-19(22,17(10-12)24-15(4)21)18(16,5)11-23-14(3)20/h6,8,16-17,22H,7,9-11H2,1-5H3/b12-6-/t16-,17-,18-,19+/m0/s1. The lowest BCUT2D eigenvalue weighted by Crippen LogP contribution is -2.63. The van der Waals surface area contributed by atoms with E-state index in [-0.39, 0.29) is 18.5 Å². The highest BCUT2D eigenvalue weighted by atomic mass is 16.6. The van der Waals surface area contributed by atoms with Gasteiger partial charge in [-0.2, -0.15) is 0 Å². The lowest BCUT2D eigenvalue weighted by molar-refractivity contribution is -0.210. The molecule has 134 valence electrons. The molecule has 2 aliphatic rings. The van der Waals surface area contributed by atoms with Crippen LogP contribution in [-0.2, 0) is 19.1 Å². The first-order valence-electron chi connectivity index (χ1n) is 8.45. The molecule has 0 aromatic carbocycles. The topological polar surface area (TPSA) is 72.8 Å². The van der Waals surface area contributed by atoms with Crippen LogP contribution in [0.5, 0.6) is 0 Å². The molecule has 2 rings (SSSR count). The number of ether oxygens (including phenoxy) is 2. The Hall–Kier alpha value is -1.62. The molecule has 2 bridgehead atoms. The molecule has 0 saturated heterocycles. The molecule has 24 heavy (non-hydrogen) atoms. The number of carbonyl (C=O) groups is 2. The maximum atomic E-state index is 11.6. The molecular weight excluding hydrogens is 308 g/mol. The highest BCUT2D eigenvalue weighted by molar-refractivity contribution is 5.66. The lowest BCUT2D eigenvalue weighted by atomic mass is 9.55. The van der Waals surface area contributed by atoms with E-state index >= 15 is 0 Å². The Kier molecular flexibility index (Phi) is 5.23. The molecule has 0 radical (unpaired) electrons. The van der Waals surface area contributed by atoms with E-state index < -0.39 is 23.1 Å². The van der Waals surface area contributed by atoms with Crippen molar-refractivity contribution in [1.82, 2.24) is 0 Å². The number of aliphatic hydroxyl groups is 1. The van der Waals surface area contributed by atoms with Gasteiger partial charge in [-0.25, -0.2) is 0 Å². The van der Waals surface area contributed by atoms with Crippen molar-refractivity contribution in [3.05, 3.63) is 23.3 Å². The van der Waals surface area contributed by atoms with E-state index in [0.29, 0.717) is 12.8 Å². The van der Waals surface area contributed by atoms with E-state index in [4.69, 9.17) is 9.47 Å². The van der Waals surface area contributed by atoms with Crippen LogP contribution in [0.4, 0.5) is 0 Å². The second kappa shape index (κ2) is 6.71. The van der Waals surface area contributed by atoms with Crippen LogP contribution in [0.25, 0.3) is 0 Å². The van der Waals surface area contributed by atoms with Crippen molar-refractivity contribution < 1.29 is 24.2 Å². The Morgan fingerprint density at radius 2 is 1.92 bits per heavy atom.